The van der Waals surface area contributed by atoms with E-state index >= 15 is 0 Å². The van der Waals surface area contributed by atoms with E-state index in [1.165, 1.54) is 6.92 Å². The first kappa shape index (κ1) is 17.1. The van der Waals surface area contributed by atoms with E-state index in [4.69, 9.17) is 16.3 Å². The van der Waals surface area contributed by atoms with Crippen LogP contribution in [0.5, 0.6) is 5.75 Å². The molecule has 2 aromatic rings. The predicted molar refractivity (Wildman–Crippen MR) is 90.3 cm³/mol. The topological polar surface area (TPSA) is 83.2 Å². The minimum atomic E-state index is -0.221. The fraction of sp³-hybridized carbons (Fsp3) is 0.375. The van der Waals surface area contributed by atoms with Gasteiger partial charge in [0.1, 0.15) is 11.4 Å². The van der Waals surface area contributed by atoms with Crippen molar-refractivity contribution in [1.82, 2.24) is 15.6 Å². The van der Waals surface area contributed by atoms with Gasteiger partial charge in [-0.3, -0.25) is 9.59 Å². The lowest BCUT2D eigenvalue weighted by molar-refractivity contribution is -0.119. The highest BCUT2D eigenvalue weighted by Crippen LogP contribution is 2.35. The van der Waals surface area contributed by atoms with E-state index < -0.39 is 0 Å². The molecule has 0 bridgehead atoms. The zero-order chi connectivity index (χ0) is 17.1. The van der Waals surface area contributed by atoms with Crippen LogP contribution in [0.3, 0.4) is 0 Å². The number of aromatic nitrogens is 1. The summed E-state index contributed by atoms with van der Waals surface area (Å²) < 4.78 is 5.27. The van der Waals surface area contributed by atoms with E-state index in [1.54, 1.807) is 26.3 Å². The number of amides is 2. The maximum Gasteiger partial charge on any atom is 0.267 e. The molecule has 1 atom stereocenters. The lowest BCUT2D eigenvalue weighted by atomic mass is 9.97. The Balaban J connectivity index is 2.61. The first-order valence-corrected chi connectivity index (χ1v) is 7.62. The number of benzene rings is 1. The summed E-state index contributed by atoms with van der Waals surface area (Å²) in [7, 11) is 3.11. The highest BCUT2D eigenvalue weighted by Gasteiger charge is 2.23. The molecule has 2 amide bonds. The quantitative estimate of drug-likeness (QED) is 0.783. The van der Waals surface area contributed by atoms with Gasteiger partial charge in [-0.15, -0.1) is 0 Å². The van der Waals surface area contributed by atoms with Crippen molar-refractivity contribution in [2.45, 2.75) is 19.8 Å². The third kappa shape index (κ3) is 3.42. The number of hydrogen-bond donors (Lipinski definition) is 3. The van der Waals surface area contributed by atoms with E-state index in [-0.39, 0.29) is 17.7 Å². The van der Waals surface area contributed by atoms with E-state index in [0.717, 1.165) is 16.5 Å². The van der Waals surface area contributed by atoms with Gasteiger partial charge in [0.05, 0.1) is 12.1 Å². The van der Waals surface area contributed by atoms with E-state index in [0.29, 0.717) is 23.0 Å². The molecule has 2 rings (SSSR count). The van der Waals surface area contributed by atoms with Crippen LogP contribution in [-0.4, -0.2) is 37.5 Å². The predicted octanol–water partition coefficient (Wildman–Crippen LogP) is 2.43. The Kier molecular flexibility index (Phi) is 5.15. The van der Waals surface area contributed by atoms with Gasteiger partial charge in [0.2, 0.25) is 5.91 Å². The van der Waals surface area contributed by atoms with Crippen LogP contribution in [-0.2, 0) is 4.79 Å². The van der Waals surface area contributed by atoms with Gasteiger partial charge < -0.3 is 20.4 Å². The average Bonchev–Trinajstić information content (AvgIpc) is 2.88. The lowest BCUT2D eigenvalue weighted by Crippen LogP contribution is -2.26. The van der Waals surface area contributed by atoms with E-state index in [2.05, 4.69) is 15.6 Å². The molecule has 1 heterocycles. The standard InChI is InChI=1S/C16H20ClN3O3/c1-8(7-19-9(2)21)14-10-5-13(23-4)11(17)6-12(10)20-15(14)16(22)18-3/h5-6,8,20H,7H2,1-4H3,(H,18,22)(H,19,21)/t8-/m0/s1. The third-order valence-corrected chi connectivity index (χ3v) is 4.01. The number of rotatable bonds is 5. The average molecular weight is 338 g/mol. The van der Waals surface area contributed by atoms with Crippen molar-refractivity contribution in [2.24, 2.45) is 0 Å². The molecule has 6 nitrogen and oxygen atoms in total. The fourth-order valence-electron chi connectivity index (χ4n) is 2.59. The largest absolute Gasteiger partial charge is 0.495 e. The summed E-state index contributed by atoms with van der Waals surface area (Å²) in [5, 5.41) is 6.72. The molecule has 3 N–H and O–H groups in total. The molecular formula is C16H20ClN3O3. The third-order valence-electron chi connectivity index (χ3n) is 3.72. The molecule has 0 saturated heterocycles. The number of halogens is 1. The molecule has 0 saturated carbocycles. The Labute approximate surface area is 139 Å². The Morgan fingerprint density at radius 1 is 1.39 bits per heavy atom. The first-order valence-electron chi connectivity index (χ1n) is 7.24. The van der Waals surface area contributed by atoms with Gasteiger partial charge in [-0.2, -0.15) is 0 Å². The van der Waals surface area contributed by atoms with Crippen molar-refractivity contribution in [3.63, 3.8) is 0 Å². The van der Waals surface area contributed by atoms with Gasteiger partial charge >= 0.3 is 0 Å². The molecule has 23 heavy (non-hydrogen) atoms. The summed E-state index contributed by atoms with van der Waals surface area (Å²) in [6.45, 7) is 3.84. The molecule has 0 fully saturated rings. The number of aromatic amines is 1. The Hall–Kier alpha value is -2.21. The first-order chi connectivity index (χ1) is 10.9. The molecule has 1 aromatic carbocycles. The van der Waals surface area contributed by atoms with Gasteiger partial charge in [-0.25, -0.2) is 0 Å². The molecule has 0 aliphatic rings. The van der Waals surface area contributed by atoms with Crippen molar-refractivity contribution in [2.75, 3.05) is 20.7 Å². The molecule has 0 spiro atoms. The Bertz CT molecular complexity index is 755. The number of fused-ring (bicyclic) bond motifs is 1. The Morgan fingerprint density at radius 2 is 2.09 bits per heavy atom. The van der Waals surface area contributed by atoms with Crippen molar-refractivity contribution < 1.29 is 14.3 Å². The van der Waals surface area contributed by atoms with Crippen molar-refractivity contribution in [3.8, 4) is 5.75 Å². The summed E-state index contributed by atoms with van der Waals surface area (Å²) in [5.41, 5.74) is 2.03. The van der Waals surface area contributed by atoms with Crippen LogP contribution in [0.15, 0.2) is 12.1 Å². The zero-order valence-electron chi connectivity index (χ0n) is 13.5. The molecule has 124 valence electrons. The van der Waals surface area contributed by atoms with Crippen LogP contribution in [0.4, 0.5) is 0 Å². The van der Waals surface area contributed by atoms with Gasteiger partial charge in [0, 0.05) is 37.3 Å². The van der Waals surface area contributed by atoms with Crippen LogP contribution in [0, 0.1) is 0 Å². The number of nitrogens with one attached hydrogen (secondary N) is 3. The maximum absolute atomic E-state index is 12.2. The smallest absolute Gasteiger partial charge is 0.267 e. The maximum atomic E-state index is 12.2. The van der Waals surface area contributed by atoms with Gasteiger partial charge in [0.15, 0.2) is 0 Å². The van der Waals surface area contributed by atoms with Crippen molar-refractivity contribution >= 4 is 34.3 Å². The second kappa shape index (κ2) is 6.91. The number of methoxy groups -OCH3 is 1. The second-order valence-corrected chi connectivity index (χ2v) is 5.77. The van der Waals surface area contributed by atoms with Gasteiger partial charge in [0.25, 0.3) is 5.91 Å². The minimum Gasteiger partial charge on any atom is -0.495 e. The number of H-pyrrole nitrogens is 1. The second-order valence-electron chi connectivity index (χ2n) is 5.36. The van der Waals surface area contributed by atoms with Crippen LogP contribution in [0.25, 0.3) is 10.9 Å². The molecule has 0 radical (unpaired) electrons. The highest BCUT2D eigenvalue weighted by atomic mass is 35.5. The molecular weight excluding hydrogens is 318 g/mol. The summed E-state index contributed by atoms with van der Waals surface area (Å²) in [6, 6.07) is 3.54. The monoisotopic (exact) mass is 337 g/mol. The Morgan fingerprint density at radius 3 is 2.65 bits per heavy atom. The summed E-state index contributed by atoms with van der Waals surface area (Å²) in [4.78, 5) is 26.5. The van der Waals surface area contributed by atoms with E-state index in [9.17, 15) is 9.59 Å². The van der Waals surface area contributed by atoms with Crippen LogP contribution >= 0.6 is 11.6 Å². The molecule has 0 unspecified atom stereocenters. The summed E-state index contributed by atoms with van der Waals surface area (Å²) in [6.07, 6.45) is 0. The normalized spacial score (nSPS) is 12.0. The molecule has 0 aliphatic carbocycles. The highest BCUT2D eigenvalue weighted by molar-refractivity contribution is 6.33. The number of ether oxygens (including phenoxy) is 1. The SMILES string of the molecule is CNC(=O)c1[nH]c2cc(Cl)c(OC)cc2c1[C@@H](C)CNC(C)=O. The number of hydrogen-bond acceptors (Lipinski definition) is 3. The molecule has 1 aromatic heterocycles. The van der Waals surface area contributed by atoms with Gasteiger partial charge in [-0.1, -0.05) is 18.5 Å². The van der Waals surface area contributed by atoms with Crippen LogP contribution in [0.2, 0.25) is 5.02 Å². The van der Waals surface area contributed by atoms with Crippen LogP contribution in [0.1, 0.15) is 35.8 Å². The fourth-order valence-corrected chi connectivity index (χ4v) is 2.83. The van der Waals surface area contributed by atoms with Crippen molar-refractivity contribution in [3.05, 3.63) is 28.4 Å². The van der Waals surface area contributed by atoms with Crippen LogP contribution < -0.4 is 15.4 Å². The molecule has 0 aliphatic heterocycles. The lowest BCUT2D eigenvalue weighted by Gasteiger charge is -2.14. The minimum absolute atomic E-state index is 0.0640. The van der Waals surface area contributed by atoms with Crippen molar-refractivity contribution in [1.29, 1.82) is 0 Å². The number of carbonyl (C=O) groups is 2. The summed E-state index contributed by atoms with van der Waals surface area (Å²) >= 11 is 6.16. The van der Waals surface area contributed by atoms with E-state index in [1.807, 2.05) is 6.92 Å². The number of carbonyl (C=O) groups excluding carboxylic acids is 2. The zero-order valence-corrected chi connectivity index (χ0v) is 14.3. The van der Waals surface area contributed by atoms with Gasteiger partial charge in [-0.05, 0) is 17.7 Å². The molecule has 7 heteroatoms. The summed E-state index contributed by atoms with van der Waals surface area (Å²) in [5.74, 6) is 0.139.